The summed E-state index contributed by atoms with van der Waals surface area (Å²) in [6.07, 6.45) is 1.38. The van der Waals surface area contributed by atoms with Crippen molar-refractivity contribution < 1.29 is 27.4 Å². The standard InChI is InChI=1S/C25H27N3O6S/c1-2-33-24-15-19(7-10-23(24)34-18-25(29)28-11-13-32-14-12-28)17-26-27-35(30,31)22-9-8-20-5-3-4-6-21(20)16-22/h3-10,15-17,27H,2,11-14,18H2,1H3/b26-17-. The fraction of sp³-hybridized carbons (Fsp3) is 0.280. The molecule has 0 unspecified atom stereocenters. The van der Waals surface area contributed by atoms with Crippen molar-refractivity contribution in [2.45, 2.75) is 11.8 Å². The number of hydrazone groups is 1. The van der Waals surface area contributed by atoms with Crippen molar-refractivity contribution in [1.82, 2.24) is 9.73 Å². The Hall–Kier alpha value is -3.63. The molecule has 1 heterocycles. The fourth-order valence-electron chi connectivity index (χ4n) is 3.59. The molecule has 3 aromatic rings. The van der Waals surface area contributed by atoms with Gasteiger partial charge in [-0.3, -0.25) is 4.79 Å². The van der Waals surface area contributed by atoms with Gasteiger partial charge in [0.2, 0.25) is 0 Å². The maximum atomic E-state index is 12.7. The van der Waals surface area contributed by atoms with E-state index in [-0.39, 0.29) is 17.4 Å². The number of rotatable bonds is 9. The highest BCUT2D eigenvalue weighted by Gasteiger charge is 2.18. The van der Waals surface area contributed by atoms with Crippen molar-refractivity contribution >= 4 is 32.9 Å². The lowest BCUT2D eigenvalue weighted by Gasteiger charge is -2.26. The molecule has 184 valence electrons. The molecule has 0 spiro atoms. The van der Waals surface area contributed by atoms with Crippen LogP contribution in [0.25, 0.3) is 10.8 Å². The monoisotopic (exact) mass is 497 g/mol. The Morgan fingerprint density at radius 3 is 2.57 bits per heavy atom. The third-order valence-corrected chi connectivity index (χ3v) is 6.62. The zero-order valence-electron chi connectivity index (χ0n) is 19.3. The molecular weight excluding hydrogens is 470 g/mol. The second kappa shape index (κ2) is 11.2. The van der Waals surface area contributed by atoms with Gasteiger partial charge in [0, 0.05) is 13.1 Å². The van der Waals surface area contributed by atoms with E-state index in [0.717, 1.165) is 10.8 Å². The lowest BCUT2D eigenvalue weighted by atomic mass is 10.1. The number of carbonyl (C=O) groups is 1. The number of hydrogen-bond acceptors (Lipinski definition) is 7. The molecule has 4 rings (SSSR count). The van der Waals surface area contributed by atoms with Crippen molar-refractivity contribution in [3.05, 3.63) is 66.2 Å². The number of nitrogens with one attached hydrogen (secondary N) is 1. The van der Waals surface area contributed by atoms with Gasteiger partial charge in [-0.1, -0.05) is 30.3 Å². The molecular formula is C25H27N3O6S. The third-order valence-electron chi connectivity index (χ3n) is 5.40. The van der Waals surface area contributed by atoms with Crippen molar-refractivity contribution in [2.75, 3.05) is 39.5 Å². The molecule has 35 heavy (non-hydrogen) atoms. The predicted octanol–water partition coefficient (Wildman–Crippen LogP) is 2.79. The average molecular weight is 498 g/mol. The minimum atomic E-state index is -3.83. The molecule has 0 radical (unpaired) electrons. The van der Waals surface area contributed by atoms with Crippen LogP contribution < -0.4 is 14.3 Å². The van der Waals surface area contributed by atoms with E-state index >= 15 is 0 Å². The molecule has 1 aliphatic heterocycles. The number of benzene rings is 3. The van der Waals surface area contributed by atoms with Gasteiger partial charge in [-0.25, -0.2) is 4.83 Å². The lowest BCUT2D eigenvalue weighted by molar-refractivity contribution is -0.137. The molecule has 9 nitrogen and oxygen atoms in total. The minimum absolute atomic E-state index is 0.112. The van der Waals surface area contributed by atoms with E-state index in [4.69, 9.17) is 14.2 Å². The summed E-state index contributed by atoms with van der Waals surface area (Å²) < 4.78 is 41.9. The van der Waals surface area contributed by atoms with Crippen molar-refractivity contribution in [2.24, 2.45) is 5.10 Å². The summed E-state index contributed by atoms with van der Waals surface area (Å²) in [5, 5.41) is 5.68. The first-order valence-corrected chi connectivity index (χ1v) is 12.7. The van der Waals surface area contributed by atoms with Crippen LogP contribution in [0.2, 0.25) is 0 Å². The lowest BCUT2D eigenvalue weighted by Crippen LogP contribution is -2.43. The summed E-state index contributed by atoms with van der Waals surface area (Å²) >= 11 is 0. The summed E-state index contributed by atoms with van der Waals surface area (Å²) in [5.41, 5.74) is 0.599. The van der Waals surface area contributed by atoms with Crippen LogP contribution in [0.4, 0.5) is 0 Å². The zero-order chi connectivity index (χ0) is 24.7. The molecule has 1 aliphatic rings. The first-order chi connectivity index (χ1) is 17.0. The number of ether oxygens (including phenoxy) is 3. The molecule has 1 N–H and O–H groups in total. The Bertz CT molecular complexity index is 1320. The molecule has 0 aliphatic carbocycles. The number of sulfonamides is 1. The average Bonchev–Trinajstić information content (AvgIpc) is 2.88. The van der Waals surface area contributed by atoms with Crippen LogP contribution in [-0.4, -0.2) is 65.0 Å². The van der Waals surface area contributed by atoms with E-state index in [0.29, 0.717) is 50.0 Å². The second-order valence-corrected chi connectivity index (χ2v) is 9.44. The normalized spacial score (nSPS) is 14.3. The number of morpholine rings is 1. The molecule has 3 aromatic carbocycles. The molecule has 0 aromatic heterocycles. The van der Waals surface area contributed by atoms with Crippen molar-refractivity contribution in [3.8, 4) is 11.5 Å². The van der Waals surface area contributed by atoms with E-state index in [9.17, 15) is 13.2 Å². The van der Waals surface area contributed by atoms with Gasteiger partial charge in [-0.2, -0.15) is 13.5 Å². The van der Waals surface area contributed by atoms with E-state index in [1.54, 1.807) is 35.2 Å². The highest BCUT2D eigenvalue weighted by atomic mass is 32.2. The summed E-state index contributed by atoms with van der Waals surface area (Å²) in [7, 11) is -3.83. The Morgan fingerprint density at radius 2 is 1.80 bits per heavy atom. The first kappa shape index (κ1) is 24.5. The molecule has 1 saturated heterocycles. The maximum absolute atomic E-state index is 12.7. The Morgan fingerprint density at radius 1 is 1.03 bits per heavy atom. The quantitative estimate of drug-likeness (QED) is 0.360. The highest BCUT2D eigenvalue weighted by molar-refractivity contribution is 7.89. The first-order valence-electron chi connectivity index (χ1n) is 11.2. The number of amides is 1. The predicted molar refractivity (Wildman–Crippen MR) is 132 cm³/mol. The van der Waals surface area contributed by atoms with Gasteiger partial charge in [0.05, 0.1) is 30.9 Å². The molecule has 1 amide bonds. The smallest absolute Gasteiger partial charge is 0.276 e. The topological polar surface area (TPSA) is 107 Å². The summed E-state index contributed by atoms with van der Waals surface area (Å²) in [4.78, 5) is 16.4. The van der Waals surface area contributed by atoms with Crippen LogP contribution in [0.1, 0.15) is 12.5 Å². The number of hydrogen-bond donors (Lipinski definition) is 1. The SMILES string of the molecule is CCOc1cc(/C=N\NS(=O)(=O)c2ccc3ccccc3c2)ccc1OCC(=O)N1CCOCC1. The largest absolute Gasteiger partial charge is 0.490 e. The molecule has 1 fully saturated rings. The second-order valence-electron chi connectivity index (χ2n) is 7.78. The Labute approximate surface area is 204 Å². The van der Waals surface area contributed by atoms with Gasteiger partial charge in [0.15, 0.2) is 18.1 Å². The van der Waals surface area contributed by atoms with Gasteiger partial charge in [0.1, 0.15) is 0 Å². The highest BCUT2D eigenvalue weighted by Crippen LogP contribution is 2.28. The van der Waals surface area contributed by atoms with Crippen LogP contribution in [0, 0.1) is 0 Å². The molecule has 0 atom stereocenters. The molecule has 0 saturated carbocycles. The van der Waals surface area contributed by atoms with Crippen LogP contribution in [0.3, 0.4) is 0 Å². The number of carbonyl (C=O) groups excluding carboxylic acids is 1. The van der Waals surface area contributed by atoms with Gasteiger partial charge < -0.3 is 19.1 Å². The molecule has 0 bridgehead atoms. The van der Waals surface area contributed by atoms with E-state index < -0.39 is 10.0 Å². The van der Waals surface area contributed by atoms with Gasteiger partial charge in [-0.15, -0.1) is 0 Å². The van der Waals surface area contributed by atoms with Crippen molar-refractivity contribution in [1.29, 1.82) is 0 Å². The fourth-order valence-corrected chi connectivity index (χ4v) is 4.42. The number of fused-ring (bicyclic) bond motifs is 1. The number of nitrogens with zero attached hydrogens (tertiary/aromatic N) is 2. The molecule has 10 heteroatoms. The van der Waals surface area contributed by atoms with Gasteiger partial charge in [-0.05, 0) is 53.6 Å². The summed E-state index contributed by atoms with van der Waals surface area (Å²) in [6.45, 7) is 4.25. The third kappa shape index (κ3) is 6.28. The summed E-state index contributed by atoms with van der Waals surface area (Å²) in [5.74, 6) is 0.732. The van der Waals surface area contributed by atoms with Crippen LogP contribution in [0.5, 0.6) is 11.5 Å². The van der Waals surface area contributed by atoms with Crippen LogP contribution in [-0.2, 0) is 19.6 Å². The van der Waals surface area contributed by atoms with Crippen molar-refractivity contribution in [3.63, 3.8) is 0 Å². The van der Waals surface area contributed by atoms with Gasteiger partial charge >= 0.3 is 0 Å². The van der Waals surface area contributed by atoms with E-state index in [1.807, 2.05) is 31.2 Å². The van der Waals surface area contributed by atoms with Gasteiger partial charge in [0.25, 0.3) is 15.9 Å². The zero-order valence-corrected chi connectivity index (χ0v) is 20.2. The maximum Gasteiger partial charge on any atom is 0.276 e. The Balaban J connectivity index is 1.41. The van der Waals surface area contributed by atoms with E-state index in [2.05, 4.69) is 9.93 Å². The van der Waals surface area contributed by atoms with Crippen LogP contribution in [0.15, 0.2) is 70.7 Å². The minimum Gasteiger partial charge on any atom is -0.490 e. The van der Waals surface area contributed by atoms with E-state index in [1.165, 1.54) is 12.3 Å². The summed E-state index contributed by atoms with van der Waals surface area (Å²) in [6, 6.07) is 17.4. The van der Waals surface area contributed by atoms with Crippen LogP contribution >= 0.6 is 0 Å². The Kier molecular flexibility index (Phi) is 7.84.